The lowest BCUT2D eigenvalue weighted by Gasteiger charge is -2.41. The van der Waals surface area contributed by atoms with Crippen molar-refractivity contribution in [1.82, 2.24) is 19.1 Å². The summed E-state index contributed by atoms with van der Waals surface area (Å²) < 4.78 is 40.3. The predicted octanol–water partition coefficient (Wildman–Crippen LogP) is 4.70. The van der Waals surface area contributed by atoms with Crippen molar-refractivity contribution in [2.24, 2.45) is 0 Å². The van der Waals surface area contributed by atoms with Crippen LogP contribution >= 0.6 is 11.6 Å². The SMILES string of the molecule is O=C(OCC1CCCC(c2ncco2)N1S(=O)(=O)c1ccc(Cl)cc1)N1CCC(N2CCCCC2)CC1. The number of rotatable bonds is 6. The highest BCUT2D eigenvalue weighted by Gasteiger charge is 2.43. The number of amides is 1. The first kappa shape index (κ1) is 26.5. The van der Waals surface area contributed by atoms with Gasteiger partial charge in [0.1, 0.15) is 18.9 Å². The molecule has 3 aliphatic heterocycles. The second-order valence-corrected chi connectivity index (χ2v) is 12.4. The molecule has 0 bridgehead atoms. The zero-order chi connectivity index (χ0) is 25.8. The van der Waals surface area contributed by atoms with Gasteiger partial charge in [-0.05, 0) is 82.3 Å². The van der Waals surface area contributed by atoms with E-state index in [0.717, 1.165) is 32.4 Å². The summed E-state index contributed by atoms with van der Waals surface area (Å²) >= 11 is 6.00. The van der Waals surface area contributed by atoms with Gasteiger partial charge in [-0.1, -0.05) is 18.0 Å². The first-order valence-corrected chi connectivity index (χ1v) is 15.1. The normalized spacial score (nSPS) is 24.7. The number of ether oxygens (including phenoxy) is 1. The molecule has 0 spiro atoms. The van der Waals surface area contributed by atoms with Crippen molar-refractivity contribution in [3.05, 3.63) is 47.6 Å². The topological polar surface area (TPSA) is 96.2 Å². The fraction of sp³-hybridized carbons (Fsp3) is 0.615. The number of carbonyl (C=O) groups is 1. The van der Waals surface area contributed by atoms with Crippen LogP contribution in [-0.2, 0) is 14.8 Å². The summed E-state index contributed by atoms with van der Waals surface area (Å²) in [6.07, 6.45) is 10.2. The zero-order valence-corrected chi connectivity index (χ0v) is 22.6. The summed E-state index contributed by atoms with van der Waals surface area (Å²) in [6.45, 7) is 3.61. The van der Waals surface area contributed by atoms with E-state index >= 15 is 0 Å². The smallest absolute Gasteiger partial charge is 0.409 e. The van der Waals surface area contributed by atoms with Gasteiger partial charge in [0, 0.05) is 24.2 Å². The van der Waals surface area contributed by atoms with Crippen LogP contribution in [0.2, 0.25) is 5.02 Å². The molecule has 9 nitrogen and oxygen atoms in total. The Kier molecular flexibility index (Phi) is 8.38. The number of hydrogen-bond acceptors (Lipinski definition) is 7. The number of nitrogens with zero attached hydrogens (tertiary/aromatic N) is 4. The second-order valence-electron chi connectivity index (χ2n) is 10.2. The van der Waals surface area contributed by atoms with E-state index in [9.17, 15) is 13.2 Å². The molecular formula is C26H35ClN4O5S. The summed E-state index contributed by atoms with van der Waals surface area (Å²) in [7, 11) is -3.93. The van der Waals surface area contributed by atoms with Gasteiger partial charge >= 0.3 is 6.09 Å². The van der Waals surface area contributed by atoms with E-state index in [1.165, 1.54) is 48.2 Å². The number of hydrogen-bond donors (Lipinski definition) is 0. The Hall–Kier alpha value is -2.14. The maximum Gasteiger partial charge on any atom is 0.409 e. The van der Waals surface area contributed by atoms with Crippen molar-refractivity contribution >= 4 is 27.7 Å². The summed E-state index contributed by atoms with van der Waals surface area (Å²) in [5.41, 5.74) is 0. The minimum absolute atomic E-state index is 0.0189. The average molecular weight is 551 g/mol. The van der Waals surface area contributed by atoms with Gasteiger partial charge in [0.15, 0.2) is 0 Å². The standard InChI is InChI=1S/C26H35ClN4O5S/c27-20-7-9-23(10-8-20)37(33,34)31-22(5-4-6-24(31)25-28-13-18-35-25)19-36-26(32)30-16-11-21(12-17-30)29-14-2-1-3-15-29/h7-10,13,18,21-22,24H,1-6,11-12,14-17,19H2. The summed E-state index contributed by atoms with van der Waals surface area (Å²) in [5, 5.41) is 0.455. The molecule has 0 aliphatic carbocycles. The molecule has 1 aromatic carbocycles. The third kappa shape index (κ3) is 5.97. The molecule has 3 fully saturated rings. The minimum atomic E-state index is -3.93. The first-order valence-electron chi connectivity index (χ1n) is 13.3. The Bertz CT molecular complexity index is 1130. The van der Waals surface area contributed by atoms with Crippen LogP contribution < -0.4 is 0 Å². The van der Waals surface area contributed by atoms with Crippen LogP contribution in [0.5, 0.6) is 0 Å². The second kappa shape index (κ2) is 11.7. The van der Waals surface area contributed by atoms with E-state index in [1.54, 1.807) is 17.0 Å². The fourth-order valence-corrected chi connectivity index (χ4v) is 7.83. The highest BCUT2D eigenvalue weighted by atomic mass is 35.5. The number of oxazole rings is 1. The molecule has 0 N–H and O–H groups in total. The maximum absolute atomic E-state index is 13.8. The molecule has 1 aromatic heterocycles. The zero-order valence-electron chi connectivity index (χ0n) is 21.0. The van der Waals surface area contributed by atoms with Crippen LogP contribution in [0.1, 0.15) is 63.3 Å². The van der Waals surface area contributed by atoms with Gasteiger partial charge in [-0.15, -0.1) is 0 Å². The lowest BCUT2D eigenvalue weighted by molar-refractivity contribution is 0.0424. The van der Waals surface area contributed by atoms with E-state index in [-0.39, 0.29) is 17.6 Å². The van der Waals surface area contributed by atoms with E-state index in [0.29, 0.717) is 42.9 Å². The molecule has 3 saturated heterocycles. The van der Waals surface area contributed by atoms with Gasteiger partial charge in [-0.3, -0.25) is 0 Å². The van der Waals surface area contributed by atoms with Crippen molar-refractivity contribution in [1.29, 1.82) is 0 Å². The molecule has 4 heterocycles. The van der Waals surface area contributed by atoms with E-state index < -0.39 is 22.1 Å². The fourth-order valence-electron chi connectivity index (χ4n) is 5.89. The summed E-state index contributed by atoms with van der Waals surface area (Å²) in [5.74, 6) is 0.341. The number of likely N-dealkylation sites (tertiary alicyclic amines) is 2. The number of sulfonamides is 1. The molecule has 37 heavy (non-hydrogen) atoms. The van der Waals surface area contributed by atoms with Crippen LogP contribution in [0.15, 0.2) is 46.0 Å². The number of aromatic nitrogens is 1. The molecule has 11 heteroatoms. The van der Waals surface area contributed by atoms with Crippen molar-refractivity contribution < 1.29 is 22.4 Å². The average Bonchev–Trinajstić information content (AvgIpc) is 3.47. The van der Waals surface area contributed by atoms with Gasteiger partial charge in [0.25, 0.3) is 0 Å². The van der Waals surface area contributed by atoms with Crippen molar-refractivity contribution in [2.45, 2.75) is 74.4 Å². The lowest BCUT2D eigenvalue weighted by Crippen LogP contribution is -2.50. The van der Waals surface area contributed by atoms with E-state index in [1.807, 2.05) is 0 Å². The Labute approximate surface area is 223 Å². The van der Waals surface area contributed by atoms with Crippen molar-refractivity contribution in [2.75, 3.05) is 32.8 Å². The molecule has 0 saturated carbocycles. The number of halogens is 1. The van der Waals surface area contributed by atoms with Crippen molar-refractivity contribution in [3.63, 3.8) is 0 Å². The van der Waals surface area contributed by atoms with Crippen molar-refractivity contribution in [3.8, 4) is 0 Å². The Morgan fingerprint density at radius 2 is 1.73 bits per heavy atom. The molecule has 3 aliphatic rings. The molecule has 202 valence electrons. The molecular weight excluding hydrogens is 516 g/mol. The third-order valence-electron chi connectivity index (χ3n) is 7.84. The molecule has 5 rings (SSSR count). The number of benzene rings is 1. The van der Waals surface area contributed by atoms with Crippen LogP contribution in [0, 0.1) is 0 Å². The predicted molar refractivity (Wildman–Crippen MR) is 139 cm³/mol. The number of carbonyl (C=O) groups excluding carboxylic acids is 1. The van der Waals surface area contributed by atoms with E-state index in [2.05, 4.69) is 9.88 Å². The highest BCUT2D eigenvalue weighted by Crippen LogP contribution is 2.38. The van der Waals surface area contributed by atoms with Gasteiger partial charge in [0.2, 0.25) is 15.9 Å². The molecule has 1 amide bonds. The van der Waals surface area contributed by atoms with Crippen LogP contribution in [-0.4, -0.2) is 78.5 Å². The van der Waals surface area contributed by atoms with Crippen LogP contribution in [0.25, 0.3) is 0 Å². The van der Waals surface area contributed by atoms with E-state index in [4.69, 9.17) is 20.8 Å². The maximum atomic E-state index is 13.8. The van der Waals surface area contributed by atoms with Gasteiger partial charge in [0.05, 0.1) is 17.1 Å². The monoisotopic (exact) mass is 550 g/mol. The number of piperidine rings is 3. The Morgan fingerprint density at radius 3 is 2.41 bits per heavy atom. The summed E-state index contributed by atoms with van der Waals surface area (Å²) in [4.78, 5) is 21.7. The molecule has 2 atom stereocenters. The van der Waals surface area contributed by atoms with Gasteiger partial charge in [-0.2, -0.15) is 4.31 Å². The summed E-state index contributed by atoms with van der Waals surface area (Å²) in [6, 6.07) is 5.53. The van der Waals surface area contributed by atoms with Gasteiger partial charge in [-0.25, -0.2) is 18.2 Å². The van der Waals surface area contributed by atoms with Crippen LogP contribution in [0.3, 0.4) is 0 Å². The van der Waals surface area contributed by atoms with Gasteiger partial charge < -0.3 is 19.0 Å². The molecule has 0 radical (unpaired) electrons. The minimum Gasteiger partial charge on any atom is -0.448 e. The first-order chi connectivity index (χ1) is 17.9. The Morgan fingerprint density at radius 1 is 1.00 bits per heavy atom. The molecule has 2 aromatic rings. The third-order valence-corrected chi connectivity index (χ3v) is 10.1. The molecule has 2 unspecified atom stereocenters. The lowest BCUT2D eigenvalue weighted by atomic mass is 9.99. The Balaban J connectivity index is 1.26. The quantitative estimate of drug-likeness (QED) is 0.514. The van der Waals surface area contributed by atoms with Crippen LogP contribution in [0.4, 0.5) is 4.79 Å². The largest absolute Gasteiger partial charge is 0.448 e. The highest BCUT2D eigenvalue weighted by molar-refractivity contribution is 7.89.